The zero-order valence-corrected chi connectivity index (χ0v) is 9.81. The van der Waals surface area contributed by atoms with Crippen molar-refractivity contribution in [2.24, 2.45) is 11.8 Å². The summed E-state index contributed by atoms with van der Waals surface area (Å²) in [6, 6.07) is 0. The predicted molar refractivity (Wildman–Crippen MR) is 60.5 cm³/mol. The third kappa shape index (κ3) is 2.33. The molecule has 0 spiro atoms. The number of fused-ring (bicyclic) bond motifs is 2. The molecular weight excluding hydrogens is 188 g/mol. The van der Waals surface area contributed by atoms with Crippen molar-refractivity contribution in [1.82, 2.24) is 10.6 Å². The average Bonchev–Trinajstić information content (AvgIpc) is 2.51. The van der Waals surface area contributed by atoms with Crippen molar-refractivity contribution < 1.29 is 4.79 Å². The molecule has 0 aromatic carbocycles. The van der Waals surface area contributed by atoms with Crippen LogP contribution in [0.5, 0.6) is 0 Å². The van der Waals surface area contributed by atoms with Gasteiger partial charge in [-0.1, -0.05) is 20.3 Å². The van der Waals surface area contributed by atoms with Crippen molar-refractivity contribution in [2.45, 2.75) is 45.1 Å². The number of carbonyl (C=O) groups is 1. The van der Waals surface area contributed by atoms with Crippen LogP contribution in [0.3, 0.4) is 0 Å². The molecule has 3 heteroatoms. The minimum Gasteiger partial charge on any atom is -0.354 e. The summed E-state index contributed by atoms with van der Waals surface area (Å²) < 4.78 is 0. The van der Waals surface area contributed by atoms with Crippen LogP contribution in [-0.4, -0.2) is 24.5 Å². The Morgan fingerprint density at radius 2 is 2.40 bits per heavy atom. The average molecular weight is 210 g/mol. The Bertz CT molecular complexity index is 248. The van der Waals surface area contributed by atoms with E-state index < -0.39 is 0 Å². The summed E-state index contributed by atoms with van der Waals surface area (Å²) in [7, 11) is 0. The van der Waals surface area contributed by atoms with Crippen LogP contribution in [0.2, 0.25) is 0 Å². The lowest BCUT2D eigenvalue weighted by atomic mass is 9.80. The first kappa shape index (κ1) is 10.9. The molecule has 2 fully saturated rings. The van der Waals surface area contributed by atoms with E-state index in [9.17, 15) is 4.79 Å². The predicted octanol–water partition coefficient (Wildman–Crippen LogP) is 1.29. The molecule has 0 aromatic rings. The Morgan fingerprint density at radius 3 is 3.13 bits per heavy atom. The van der Waals surface area contributed by atoms with E-state index >= 15 is 0 Å². The van der Waals surface area contributed by atoms with Crippen molar-refractivity contribution in [3.8, 4) is 0 Å². The summed E-state index contributed by atoms with van der Waals surface area (Å²) in [6.45, 7) is 5.86. The largest absolute Gasteiger partial charge is 0.354 e. The molecule has 2 N–H and O–H groups in total. The number of amides is 1. The highest BCUT2D eigenvalue weighted by atomic mass is 16.1. The Morgan fingerprint density at radius 1 is 1.60 bits per heavy atom. The van der Waals surface area contributed by atoms with Gasteiger partial charge in [0, 0.05) is 18.0 Å². The smallest absolute Gasteiger partial charge is 0.222 e. The van der Waals surface area contributed by atoms with Crippen molar-refractivity contribution in [2.75, 3.05) is 13.1 Å². The molecule has 2 atom stereocenters. The second-order valence-electron chi connectivity index (χ2n) is 5.50. The van der Waals surface area contributed by atoms with Crippen molar-refractivity contribution in [3.05, 3.63) is 0 Å². The van der Waals surface area contributed by atoms with Crippen molar-refractivity contribution in [1.29, 1.82) is 0 Å². The molecule has 1 saturated heterocycles. The van der Waals surface area contributed by atoms with Crippen LogP contribution in [0, 0.1) is 11.8 Å². The van der Waals surface area contributed by atoms with Gasteiger partial charge in [0.2, 0.25) is 5.91 Å². The fourth-order valence-electron chi connectivity index (χ4n) is 2.86. The SMILES string of the molecule is CC(C)C(=O)NCC12CCCC(CN1)C2. The normalized spacial score (nSPS) is 34.5. The molecule has 2 aliphatic rings. The molecule has 1 amide bonds. The number of hydrogen-bond acceptors (Lipinski definition) is 2. The molecule has 2 bridgehead atoms. The van der Waals surface area contributed by atoms with Gasteiger partial charge in [-0.3, -0.25) is 4.79 Å². The lowest BCUT2D eigenvalue weighted by molar-refractivity contribution is -0.124. The lowest BCUT2D eigenvalue weighted by Gasteiger charge is -2.33. The molecule has 1 saturated carbocycles. The number of rotatable bonds is 3. The highest BCUT2D eigenvalue weighted by Crippen LogP contribution is 2.36. The summed E-state index contributed by atoms with van der Waals surface area (Å²) in [5.74, 6) is 1.14. The van der Waals surface area contributed by atoms with E-state index in [0.29, 0.717) is 0 Å². The zero-order chi connectivity index (χ0) is 10.9. The summed E-state index contributed by atoms with van der Waals surface area (Å²) >= 11 is 0. The highest BCUT2D eigenvalue weighted by molar-refractivity contribution is 5.77. The minimum absolute atomic E-state index is 0.0993. The van der Waals surface area contributed by atoms with E-state index in [1.165, 1.54) is 25.7 Å². The van der Waals surface area contributed by atoms with E-state index in [2.05, 4.69) is 10.6 Å². The van der Waals surface area contributed by atoms with Gasteiger partial charge in [0.25, 0.3) is 0 Å². The van der Waals surface area contributed by atoms with E-state index in [0.717, 1.165) is 19.0 Å². The maximum Gasteiger partial charge on any atom is 0.222 e. The van der Waals surface area contributed by atoms with Crippen LogP contribution < -0.4 is 10.6 Å². The fourth-order valence-corrected chi connectivity index (χ4v) is 2.86. The fraction of sp³-hybridized carbons (Fsp3) is 0.917. The van der Waals surface area contributed by atoms with Gasteiger partial charge in [0.05, 0.1) is 0 Å². The minimum atomic E-state index is 0.0993. The molecule has 1 aliphatic heterocycles. The molecule has 15 heavy (non-hydrogen) atoms. The summed E-state index contributed by atoms with van der Waals surface area (Å²) in [6.07, 6.45) is 5.16. The summed E-state index contributed by atoms with van der Waals surface area (Å²) in [5, 5.41) is 6.68. The number of carbonyl (C=O) groups excluding carboxylic acids is 1. The van der Waals surface area contributed by atoms with E-state index in [1.807, 2.05) is 13.8 Å². The van der Waals surface area contributed by atoms with Gasteiger partial charge in [-0.25, -0.2) is 0 Å². The van der Waals surface area contributed by atoms with Crippen LogP contribution >= 0.6 is 0 Å². The van der Waals surface area contributed by atoms with Gasteiger partial charge in [0.1, 0.15) is 0 Å². The Kier molecular flexibility index (Phi) is 3.01. The van der Waals surface area contributed by atoms with E-state index in [4.69, 9.17) is 0 Å². The van der Waals surface area contributed by atoms with Gasteiger partial charge < -0.3 is 10.6 Å². The first-order valence-electron chi connectivity index (χ1n) is 6.14. The molecule has 1 aliphatic carbocycles. The van der Waals surface area contributed by atoms with Gasteiger partial charge >= 0.3 is 0 Å². The van der Waals surface area contributed by atoms with Gasteiger partial charge in [-0.05, 0) is 31.7 Å². The maximum absolute atomic E-state index is 11.5. The first-order chi connectivity index (χ1) is 7.11. The summed E-state index contributed by atoms with van der Waals surface area (Å²) in [5.41, 5.74) is 0.230. The molecule has 0 radical (unpaired) electrons. The molecule has 2 unspecified atom stereocenters. The summed E-state index contributed by atoms with van der Waals surface area (Å²) in [4.78, 5) is 11.5. The Hall–Kier alpha value is -0.570. The molecule has 2 rings (SSSR count). The van der Waals surface area contributed by atoms with Crippen LogP contribution in [0.15, 0.2) is 0 Å². The van der Waals surface area contributed by atoms with Crippen LogP contribution in [0.25, 0.3) is 0 Å². The highest BCUT2D eigenvalue weighted by Gasteiger charge is 2.41. The van der Waals surface area contributed by atoms with Crippen LogP contribution in [0.4, 0.5) is 0 Å². The standard InChI is InChI=1S/C12H22N2O/c1-9(2)11(15)13-8-12-5-3-4-10(6-12)7-14-12/h9-10,14H,3-8H2,1-2H3,(H,13,15). The molecular formula is C12H22N2O. The molecule has 86 valence electrons. The van der Waals surface area contributed by atoms with E-state index in [1.54, 1.807) is 0 Å². The van der Waals surface area contributed by atoms with Crippen molar-refractivity contribution in [3.63, 3.8) is 0 Å². The molecule has 3 nitrogen and oxygen atoms in total. The topological polar surface area (TPSA) is 41.1 Å². The quantitative estimate of drug-likeness (QED) is 0.737. The molecule has 0 aromatic heterocycles. The van der Waals surface area contributed by atoms with Crippen molar-refractivity contribution >= 4 is 5.91 Å². The second-order valence-corrected chi connectivity index (χ2v) is 5.50. The van der Waals surface area contributed by atoms with Gasteiger partial charge in [-0.2, -0.15) is 0 Å². The third-order valence-electron chi connectivity index (χ3n) is 3.84. The first-order valence-corrected chi connectivity index (χ1v) is 6.14. The maximum atomic E-state index is 11.5. The Balaban J connectivity index is 1.86. The van der Waals surface area contributed by atoms with E-state index in [-0.39, 0.29) is 17.4 Å². The number of hydrogen-bond donors (Lipinski definition) is 2. The molecule has 1 heterocycles. The number of nitrogens with one attached hydrogen (secondary N) is 2. The Labute approximate surface area is 92.0 Å². The van der Waals surface area contributed by atoms with Crippen LogP contribution in [-0.2, 0) is 4.79 Å². The monoisotopic (exact) mass is 210 g/mol. The van der Waals surface area contributed by atoms with Gasteiger partial charge in [-0.15, -0.1) is 0 Å². The van der Waals surface area contributed by atoms with Gasteiger partial charge in [0.15, 0.2) is 0 Å². The zero-order valence-electron chi connectivity index (χ0n) is 9.81. The van der Waals surface area contributed by atoms with Crippen LogP contribution in [0.1, 0.15) is 39.5 Å². The second kappa shape index (κ2) is 4.12. The third-order valence-corrected chi connectivity index (χ3v) is 3.84. The lowest BCUT2D eigenvalue weighted by Crippen LogP contribution is -2.50.